The third-order valence-corrected chi connectivity index (χ3v) is 2.34. The summed E-state index contributed by atoms with van der Waals surface area (Å²) in [7, 11) is 3.08. The van der Waals surface area contributed by atoms with E-state index in [2.05, 4.69) is 5.32 Å². The monoisotopic (exact) mass is 257 g/mol. The number of halogens is 1. The highest BCUT2D eigenvalue weighted by atomic mass is 35.5. The molecule has 1 unspecified atom stereocenters. The summed E-state index contributed by atoms with van der Waals surface area (Å²) in [6.45, 7) is 2.24. The standard InChI is InChI=1S/C12H16ClNO3/c1-8(13)7-14-12(15)9-4-5-10(16-2)11(6-9)17-3/h4-6,8H,7H2,1-3H3,(H,14,15). The molecule has 94 valence electrons. The Labute approximate surface area is 106 Å². The Balaban J connectivity index is 2.81. The summed E-state index contributed by atoms with van der Waals surface area (Å²) in [6.07, 6.45) is 0. The van der Waals surface area contributed by atoms with Crippen LogP contribution < -0.4 is 14.8 Å². The van der Waals surface area contributed by atoms with Gasteiger partial charge in [0.15, 0.2) is 11.5 Å². The average molecular weight is 258 g/mol. The number of ether oxygens (including phenoxy) is 2. The predicted octanol–water partition coefficient (Wildman–Crippen LogP) is 2.06. The van der Waals surface area contributed by atoms with Crippen LogP contribution in [0.5, 0.6) is 11.5 Å². The molecular weight excluding hydrogens is 242 g/mol. The number of hydrogen-bond donors (Lipinski definition) is 1. The highest BCUT2D eigenvalue weighted by Gasteiger charge is 2.10. The van der Waals surface area contributed by atoms with E-state index in [0.717, 1.165) is 0 Å². The first-order valence-corrected chi connectivity index (χ1v) is 5.66. The Morgan fingerprint density at radius 1 is 1.35 bits per heavy atom. The molecule has 0 aliphatic rings. The van der Waals surface area contributed by atoms with E-state index in [4.69, 9.17) is 21.1 Å². The van der Waals surface area contributed by atoms with E-state index >= 15 is 0 Å². The lowest BCUT2D eigenvalue weighted by molar-refractivity contribution is 0.0953. The van der Waals surface area contributed by atoms with Gasteiger partial charge in [0, 0.05) is 17.5 Å². The van der Waals surface area contributed by atoms with Gasteiger partial charge in [-0.15, -0.1) is 11.6 Å². The number of nitrogens with one attached hydrogen (secondary N) is 1. The van der Waals surface area contributed by atoms with Crippen molar-refractivity contribution in [1.82, 2.24) is 5.32 Å². The minimum Gasteiger partial charge on any atom is -0.493 e. The van der Waals surface area contributed by atoms with Gasteiger partial charge in [0.05, 0.1) is 14.2 Å². The normalized spacial score (nSPS) is 11.8. The molecule has 1 aromatic carbocycles. The second kappa shape index (κ2) is 6.35. The molecule has 0 spiro atoms. The van der Waals surface area contributed by atoms with Crippen molar-refractivity contribution in [3.8, 4) is 11.5 Å². The molecule has 0 aliphatic carbocycles. The van der Waals surface area contributed by atoms with E-state index in [1.807, 2.05) is 6.92 Å². The van der Waals surface area contributed by atoms with Gasteiger partial charge in [0.25, 0.3) is 5.91 Å². The van der Waals surface area contributed by atoms with E-state index in [9.17, 15) is 4.79 Å². The fraction of sp³-hybridized carbons (Fsp3) is 0.417. The van der Waals surface area contributed by atoms with Crippen LogP contribution in [0.1, 0.15) is 17.3 Å². The lowest BCUT2D eigenvalue weighted by atomic mass is 10.2. The highest BCUT2D eigenvalue weighted by molar-refractivity contribution is 6.20. The maximum Gasteiger partial charge on any atom is 0.251 e. The molecule has 0 saturated carbocycles. The van der Waals surface area contributed by atoms with Crippen LogP contribution in [0.3, 0.4) is 0 Å². The molecule has 0 fully saturated rings. The lowest BCUT2D eigenvalue weighted by Crippen LogP contribution is -2.28. The molecule has 0 radical (unpaired) electrons. The smallest absolute Gasteiger partial charge is 0.251 e. The zero-order valence-corrected chi connectivity index (χ0v) is 10.9. The van der Waals surface area contributed by atoms with E-state index in [-0.39, 0.29) is 11.3 Å². The number of hydrogen-bond acceptors (Lipinski definition) is 3. The molecule has 1 N–H and O–H groups in total. The molecule has 4 nitrogen and oxygen atoms in total. The minimum absolute atomic E-state index is 0.0981. The number of amides is 1. The lowest BCUT2D eigenvalue weighted by Gasteiger charge is -2.10. The Morgan fingerprint density at radius 3 is 2.53 bits per heavy atom. The van der Waals surface area contributed by atoms with E-state index in [0.29, 0.717) is 23.6 Å². The Kier molecular flexibility index (Phi) is 5.10. The molecule has 0 saturated heterocycles. The molecule has 1 aromatic rings. The summed E-state index contributed by atoms with van der Waals surface area (Å²) < 4.78 is 10.2. The minimum atomic E-state index is -0.182. The zero-order chi connectivity index (χ0) is 12.8. The molecule has 1 atom stereocenters. The second-order valence-corrected chi connectivity index (χ2v) is 4.31. The van der Waals surface area contributed by atoms with Crippen LogP contribution in [0, 0.1) is 0 Å². The van der Waals surface area contributed by atoms with Crippen LogP contribution >= 0.6 is 11.6 Å². The van der Waals surface area contributed by atoms with Crippen molar-refractivity contribution in [2.45, 2.75) is 12.3 Å². The SMILES string of the molecule is COc1ccc(C(=O)NCC(C)Cl)cc1OC. The Hall–Kier alpha value is -1.42. The first kappa shape index (κ1) is 13.6. The summed E-state index contributed by atoms with van der Waals surface area (Å²) in [6, 6.07) is 5.00. The first-order valence-electron chi connectivity index (χ1n) is 5.22. The second-order valence-electron chi connectivity index (χ2n) is 3.56. The van der Waals surface area contributed by atoms with Crippen LogP contribution in [0.25, 0.3) is 0 Å². The molecule has 0 aromatic heterocycles. The van der Waals surface area contributed by atoms with Crippen LogP contribution in [-0.2, 0) is 0 Å². The van der Waals surface area contributed by atoms with Gasteiger partial charge in [-0.3, -0.25) is 4.79 Å². The summed E-state index contributed by atoms with van der Waals surface area (Å²) >= 11 is 5.76. The van der Waals surface area contributed by atoms with Gasteiger partial charge < -0.3 is 14.8 Å². The Bertz CT molecular complexity index is 393. The number of methoxy groups -OCH3 is 2. The fourth-order valence-electron chi connectivity index (χ4n) is 1.31. The van der Waals surface area contributed by atoms with Crippen LogP contribution in [0.4, 0.5) is 0 Å². The summed E-state index contributed by atoms with van der Waals surface area (Å²) in [5.74, 6) is 0.937. The fourth-order valence-corrected chi connectivity index (χ4v) is 1.39. The number of carbonyl (C=O) groups is 1. The van der Waals surface area contributed by atoms with Crippen molar-refractivity contribution in [2.75, 3.05) is 20.8 Å². The van der Waals surface area contributed by atoms with Gasteiger partial charge in [-0.2, -0.15) is 0 Å². The van der Waals surface area contributed by atoms with Crippen LogP contribution in [0.15, 0.2) is 18.2 Å². The van der Waals surface area contributed by atoms with Crippen LogP contribution in [-0.4, -0.2) is 32.0 Å². The molecule has 1 rings (SSSR count). The largest absolute Gasteiger partial charge is 0.493 e. The average Bonchev–Trinajstić information content (AvgIpc) is 2.34. The number of rotatable bonds is 5. The van der Waals surface area contributed by atoms with E-state index in [1.54, 1.807) is 25.3 Å². The molecule has 5 heteroatoms. The third kappa shape index (κ3) is 3.82. The number of carbonyl (C=O) groups excluding carboxylic acids is 1. The highest BCUT2D eigenvalue weighted by Crippen LogP contribution is 2.27. The van der Waals surface area contributed by atoms with Crippen molar-refractivity contribution in [3.63, 3.8) is 0 Å². The summed E-state index contributed by atoms with van der Waals surface area (Å²) in [5.41, 5.74) is 0.514. The Morgan fingerprint density at radius 2 is 2.00 bits per heavy atom. The van der Waals surface area contributed by atoms with Gasteiger partial charge in [-0.1, -0.05) is 0 Å². The number of alkyl halides is 1. The summed E-state index contributed by atoms with van der Waals surface area (Å²) in [5, 5.41) is 2.62. The van der Waals surface area contributed by atoms with Gasteiger partial charge in [-0.25, -0.2) is 0 Å². The molecule has 0 heterocycles. The van der Waals surface area contributed by atoms with Crippen molar-refractivity contribution in [3.05, 3.63) is 23.8 Å². The van der Waals surface area contributed by atoms with E-state index < -0.39 is 0 Å². The quantitative estimate of drug-likeness (QED) is 0.822. The zero-order valence-electron chi connectivity index (χ0n) is 10.1. The van der Waals surface area contributed by atoms with E-state index in [1.165, 1.54) is 7.11 Å². The molecular formula is C12H16ClNO3. The van der Waals surface area contributed by atoms with Crippen molar-refractivity contribution < 1.29 is 14.3 Å². The maximum absolute atomic E-state index is 11.8. The molecule has 17 heavy (non-hydrogen) atoms. The molecule has 0 bridgehead atoms. The van der Waals surface area contributed by atoms with Gasteiger partial charge in [0.1, 0.15) is 0 Å². The van der Waals surface area contributed by atoms with Gasteiger partial charge in [0.2, 0.25) is 0 Å². The first-order chi connectivity index (χ1) is 8.08. The third-order valence-electron chi connectivity index (χ3n) is 2.19. The maximum atomic E-state index is 11.8. The van der Waals surface area contributed by atoms with Crippen molar-refractivity contribution in [1.29, 1.82) is 0 Å². The summed E-state index contributed by atoms with van der Waals surface area (Å²) in [4.78, 5) is 11.8. The predicted molar refractivity (Wildman–Crippen MR) is 67.2 cm³/mol. The number of benzene rings is 1. The topological polar surface area (TPSA) is 47.6 Å². The van der Waals surface area contributed by atoms with Gasteiger partial charge >= 0.3 is 0 Å². The van der Waals surface area contributed by atoms with Crippen molar-refractivity contribution >= 4 is 17.5 Å². The van der Waals surface area contributed by atoms with Crippen LogP contribution in [0.2, 0.25) is 0 Å². The molecule has 1 amide bonds. The van der Waals surface area contributed by atoms with Gasteiger partial charge in [-0.05, 0) is 25.1 Å². The molecule has 0 aliphatic heterocycles. The van der Waals surface area contributed by atoms with Crippen molar-refractivity contribution in [2.24, 2.45) is 0 Å².